The molecule has 0 saturated carbocycles. The lowest BCUT2D eigenvalue weighted by Crippen LogP contribution is -2.04. The molecular weight excluding hydrogens is 197 g/mol. The van der Waals surface area contributed by atoms with Crippen LogP contribution in [0.25, 0.3) is 10.9 Å². The second kappa shape index (κ2) is 3.38. The Morgan fingerprint density at radius 1 is 1.47 bits per heavy atom. The van der Waals surface area contributed by atoms with Crippen LogP contribution in [0.4, 0.5) is 4.39 Å². The molecule has 0 atom stereocenters. The second-order valence-electron chi connectivity index (χ2n) is 3.25. The molecule has 0 spiro atoms. The maximum absolute atomic E-state index is 13.6. The van der Waals surface area contributed by atoms with Crippen molar-refractivity contribution in [3.05, 3.63) is 30.2 Å². The van der Waals surface area contributed by atoms with Gasteiger partial charge in [0.15, 0.2) is 5.82 Å². The number of methoxy groups -OCH3 is 1. The van der Waals surface area contributed by atoms with Crippen LogP contribution in [0.5, 0.6) is 5.75 Å². The molecule has 0 aliphatic carbocycles. The van der Waals surface area contributed by atoms with Gasteiger partial charge in [0.05, 0.1) is 12.6 Å². The van der Waals surface area contributed by atoms with Crippen LogP contribution in [0.1, 0.15) is 11.7 Å². The van der Waals surface area contributed by atoms with Gasteiger partial charge in [-0.3, -0.25) is 9.36 Å². The Hall–Kier alpha value is -1.84. The molecule has 0 aliphatic heterocycles. The molecule has 1 aromatic heterocycles. The summed E-state index contributed by atoms with van der Waals surface area (Å²) in [5, 5.41) is 0.655. The number of hydrogen-bond acceptors (Lipinski definition) is 2. The number of benzene rings is 1. The molecule has 0 bridgehead atoms. The van der Waals surface area contributed by atoms with Gasteiger partial charge in [-0.15, -0.1) is 0 Å². The summed E-state index contributed by atoms with van der Waals surface area (Å²) < 4.78 is 19.9. The van der Waals surface area contributed by atoms with Crippen LogP contribution in [0.3, 0.4) is 0 Å². The third-order valence-electron chi connectivity index (χ3n) is 2.29. The Morgan fingerprint density at radius 2 is 2.20 bits per heavy atom. The Morgan fingerprint density at radius 3 is 2.80 bits per heavy atom. The second-order valence-corrected chi connectivity index (χ2v) is 3.25. The minimum absolute atomic E-state index is 0.214. The zero-order chi connectivity index (χ0) is 11.0. The molecule has 0 aliphatic rings. The SMILES string of the molecule is COc1cc(F)c2c(ccn2C(C)=O)c1. The number of halogens is 1. The van der Waals surface area contributed by atoms with E-state index >= 15 is 0 Å². The average Bonchev–Trinajstić information content (AvgIpc) is 2.61. The first-order chi connectivity index (χ1) is 7.13. The van der Waals surface area contributed by atoms with Crippen LogP contribution < -0.4 is 4.74 Å². The molecule has 1 heterocycles. The van der Waals surface area contributed by atoms with Crippen molar-refractivity contribution in [1.82, 2.24) is 4.57 Å². The zero-order valence-electron chi connectivity index (χ0n) is 8.45. The van der Waals surface area contributed by atoms with E-state index in [1.165, 1.54) is 24.7 Å². The molecular formula is C11H10FNO2. The third-order valence-corrected chi connectivity index (χ3v) is 2.29. The fourth-order valence-electron chi connectivity index (χ4n) is 1.59. The topological polar surface area (TPSA) is 31.2 Å². The fraction of sp³-hybridized carbons (Fsp3) is 0.182. The van der Waals surface area contributed by atoms with Gasteiger partial charge in [-0.1, -0.05) is 0 Å². The fourth-order valence-corrected chi connectivity index (χ4v) is 1.59. The lowest BCUT2D eigenvalue weighted by Gasteiger charge is -2.03. The number of nitrogens with zero attached hydrogens (tertiary/aromatic N) is 1. The van der Waals surface area contributed by atoms with E-state index in [9.17, 15) is 9.18 Å². The Kier molecular flexibility index (Phi) is 2.19. The van der Waals surface area contributed by atoms with E-state index < -0.39 is 5.82 Å². The third kappa shape index (κ3) is 1.48. The molecule has 4 heteroatoms. The van der Waals surface area contributed by atoms with Gasteiger partial charge in [-0.25, -0.2) is 4.39 Å². The normalized spacial score (nSPS) is 10.6. The van der Waals surface area contributed by atoms with Gasteiger partial charge in [0.1, 0.15) is 5.75 Å². The summed E-state index contributed by atoms with van der Waals surface area (Å²) in [6, 6.07) is 4.64. The molecule has 1 aromatic carbocycles. The summed E-state index contributed by atoms with van der Waals surface area (Å²) >= 11 is 0. The van der Waals surface area contributed by atoms with Gasteiger partial charge >= 0.3 is 0 Å². The quantitative estimate of drug-likeness (QED) is 0.719. The molecule has 3 nitrogen and oxygen atoms in total. The number of aromatic nitrogens is 1. The maximum atomic E-state index is 13.6. The lowest BCUT2D eigenvalue weighted by molar-refractivity contribution is 0.0941. The van der Waals surface area contributed by atoms with Crippen LogP contribution in [0.15, 0.2) is 24.4 Å². The summed E-state index contributed by atoms with van der Waals surface area (Å²) in [6.07, 6.45) is 1.55. The highest BCUT2D eigenvalue weighted by Crippen LogP contribution is 2.25. The van der Waals surface area contributed by atoms with E-state index in [-0.39, 0.29) is 5.91 Å². The van der Waals surface area contributed by atoms with Crippen LogP contribution in [-0.4, -0.2) is 17.6 Å². The minimum atomic E-state index is -0.454. The molecule has 2 aromatic rings. The van der Waals surface area contributed by atoms with Gasteiger partial charge < -0.3 is 4.74 Å². The molecule has 0 fully saturated rings. The van der Waals surface area contributed by atoms with Gasteiger partial charge in [0.2, 0.25) is 5.91 Å². The maximum Gasteiger partial charge on any atom is 0.228 e. The first-order valence-electron chi connectivity index (χ1n) is 4.49. The number of rotatable bonds is 1. The summed E-state index contributed by atoms with van der Waals surface area (Å²) in [6.45, 7) is 1.39. The minimum Gasteiger partial charge on any atom is -0.497 e. The number of hydrogen-bond donors (Lipinski definition) is 0. The van der Waals surface area contributed by atoms with Crippen molar-refractivity contribution in [2.24, 2.45) is 0 Å². The highest BCUT2D eigenvalue weighted by molar-refractivity contribution is 5.92. The summed E-state index contributed by atoms with van der Waals surface area (Å²) in [5.41, 5.74) is 0.295. The first-order valence-corrected chi connectivity index (χ1v) is 4.49. The standard InChI is InChI=1S/C11H10FNO2/c1-7(14)13-4-3-8-5-9(15-2)6-10(12)11(8)13/h3-6H,1-2H3. The lowest BCUT2D eigenvalue weighted by atomic mass is 10.2. The molecule has 0 N–H and O–H groups in total. The van der Waals surface area contributed by atoms with E-state index in [0.717, 1.165) is 0 Å². The summed E-state index contributed by atoms with van der Waals surface area (Å²) in [4.78, 5) is 11.2. The number of carbonyl (C=O) groups is 1. The van der Waals surface area contributed by atoms with Crippen molar-refractivity contribution in [2.45, 2.75) is 6.92 Å². The van der Waals surface area contributed by atoms with Crippen molar-refractivity contribution in [3.63, 3.8) is 0 Å². The van der Waals surface area contributed by atoms with Gasteiger partial charge in [0, 0.05) is 24.6 Å². The molecule has 0 amide bonds. The van der Waals surface area contributed by atoms with Gasteiger partial charge in [-0.2, -0.15) is 0 Å². The monoisotopic (exact) mass is 207 g/mol. The molecule has 15 heavy (non-hydrogen) atoms. The number of carbonyl (C=O) groups excluding carboxylic acids is 1. The van der Waals surface area contributed by atoms with Gasteiger partial charge in [-0.05, 0) is 12.1 Å². The first kappa shape index (κ1) is 9.71. The molecule has 78 valence electrons. The molecule has 0 unspecified atom stereocenters. The van der Waals surface area contributed by atoms with Crippen molar-refractivity contribution >= 4 is 16.8 Å². The average molecular weight is 207 g/mol. The van der Waals surface area contributed by atoms with E-state index in [1.54, 1.807) is 18.3 Å². The summed E-state index contributed by atoms with van der Waals surface area (Å²) in [5.74, 6) is -0.222. The van der Waals surface area contributed by atoms with E-state index in [0.29, 0.717) is 16.7 Å². The van der Waals surface area contributed by atoms with Crippen molar-refractivity contribution in [2.75, 3.05) is 7.11 Å². The van der Waals surface area contributed by atoms with E-state index in [2.05, 4.69) is 0 Å². The number of fused-ring (bicyclic) bond motifs is 1. The van der Waals surface area contributed by atoms with Gasteiger partial charge in [0.25, 0.3) is 0 Å². The summed E-state index contributed by atoms with van der Waals surface area (Å²) in [7, 11) is 1.47. The zero-order valence-corrected chi connectivity index (χ0v) is 8.45. The van der Waals surface area contributed by atoms with Crippen LogP contribution in [0, 0.1) is 5.82 Å². The van der Waals surface area contributed by atoms with Crippen LogP contribution in [-0.2, 0) is 0 Å². The van der Waals surface area contributed by atoms with E-state index in [4.69, 9.17) is 4.74 Å². The predicted octanol–water partition coefficient (Wildman–Crippen LogP) is 2.45. The number of ether oxygens (including phenoxy) is 1. The Labute approximate surface area is 86.1 Å². The molecule has 0 saturated heterocycles. The Bertz CT molecular complexity index is 531. The highest BCUT2D eigenvalue weighted by atomic mass is 19.1. The molecule has 2 rings (SSSR count). The smallest absolute Gasteiger partial charge is 0.228 e. The molecule has 0 radical (unpaired) electrons. The predicted molar refractivity (Wildman–Crippen MR) is 54.7 cm³/mol. The van der Waals surface area contributed by atoms with Crippen molar-refractivity contribution in [1.29, 1.82) is 0 Å². The van der Waals surface area contributed by atoms with Crippen molar-refractivity contribution in [3.8, 4) is 5.75 Å². The Balaban J connectivity index is 2.77. The largest absolute Gasteiger partial charge is 0.497 e. The van der Waals surface area contributed by atoms with E-state index in [1.807, 2.05) is 0 Å². The highest BCUT2D eigenvalue weighted by Gasteiger charge is 2.11. The van der Waals surface area contributed by atoms with Crippen molar-refractivity contribution < 1.29 is 13.9 Å². The van der Waals surface area contributed by atoms with Crippen LogP contribution >= 0.6 is 0 Å². The van der Waals surface area contributed by atoms with Crippen LogP contribution in [0.2, 0.25) is 0 Å².